The first-order chi connectivity index (χ1) is 11.1. The molecule has 1 fully saturated rings. The third-order valence-electron chi connectivity index (χ3n) is 4.04. The summed E-state index contributed by atoms with van der Waals surface area (Å²) in [4.78, 5) is 26.0. The number of rotatable bonds is 6. The van der Waals surface area contributed by atoms with E-state index < -0.39 is 42.7 Å². The lowest BCUT2D eigenvalue weighted by Gasteiger charge is -2.19. The minimum Gasteiger partial charge on any atom is -0.388 e. The van der Waals surface area contributed by atoms with Gasteiger partial charge in [-0.1, -0.05) is 0 Å². The Morgan fingerprint density at radius 2 is 2.04 bits per heavy atom. The number of aromatic nitrogens is 2. The van der Waals surface area contributed by atoms with Crippen LogP contribution in [-0.2, 0) is 11.3 Å². The van der Waals surface area contributed by atoms with Crippen molar-refractivity contribution in [3.8, 4) is 0 Å². The Balaban J connectivity index is 2.26. The maximum Gasteiger partial charge on any atom is 0.330 e. The Bertz CT molecular complexity index is 737. The van der Waals surface area contributed by atoms with Gasteiger partial charge in [0, 0.05) is 18.3 Å². The third-order valence-corrected chi connectivity index (χ3v) is 5.51. The molecule has 0 aromatic carbocycles. The molecule has 0 radical (unpaired) electrons. The third kappa shape index (κ3) is 4.26. The molecule has 9 heteroatoms. The zero-order valence-corrected chi connectivity index (χ0v) is 15.1. The van der Waals surface area contributed by atoms with Crippen LogP contribution in [-0.4, -0.2) is 70.9 Å². The van der Waals surface area contributed by atoms with Gasteiger partial charge in [0.25, 0.3) is 5.56 Å². The molecule has 1 saturated heterocycles. The Morgan fingerprint density at radius 1 is 1.38 bits per heavy atom. The summed E-state index contributed by atoms with van der Waals surface area (Å²) >= 11 is 0. The lowest BCUT2D eigenvalue weighted by molar-refractivity contribution is -0.0404. The lowest BCUT2D eigenvalue weighted by Crippen LogP contribution is -2.39. The van der Waals surface area contributed by atoms with E-state index in [-0.39, 0.29) is 6.54 Å². The highest BCUT2D eigenvalue weighted by molar-refractivity contribution is 7.72. The molecule has 0 aliphatic carbocycles. The summed E-state index contributed by atoms with van der Waals surface area (Å²) < 4.78 is 6.86. The van der Waals surface area contributed by atoms with Crippen molar-refractivity contribution in [2.24, 2.45) is 0 Å². The molecule has 2 rings (SSSR count). The van der Waals surface area contributed by atoms with Crippen molar-refractivity contribution in [1.29, 1.82) is 0 Å². The van der Waals surface area contributed by atoms with Crippen molar-refractivity contribution in [1.82, 2.24) is 14.9 Å². The SMILES string of the molecule is C=P(C)(C)CC[C@H]1O[C@@H](n2cc(CNC)c(=O)[nH]c2=O)C(O)[C@@H]1O. The molecule has 1 aliphatic rings. The van der Waals surface area contributed by atoms with Crippen LogP contribution in [0, 0.1) is 0 Å². The maximum atomic E-state index is 12.1. The van der Waals surface area contributed by atoms with Gasteiger partial charge in [0.2, 0.25) is 0 Å². The topological polar surface area (TPSA) is 117 Å². The second-order valence-corrected chi connectivity index (χ2v) is 11.2. The van der Waals surface area contributed by atoms with Crippen molar-refractivity contribution in [2.45, 2.75) is 37.5 Å². The molecule has 4 atom stereocenters. The molecule has 8 nitrogen and oxygen atoms in total. The average Bonchev–Trinajstić information content (AvgIpc) is 2.75. The minimum atomic E-state index is -1.29. The van der Waals surface area contributed by atoms with Crippen molar-refractivity contribution in [3.05, 3.63) is 32.6 Å². The number of aliphatic hydroxyl groups is 2. The van der Waals surface area contributed by atoms with Gasteiger partial charge in [-0.3, -0.25) is 14.3 Å². The molecule has 136 valence electrons. The van der Waals surface area contributed by atoms with Crippen LogP contribution in [0.15, 0.2) is 15.8 Å². The van der Waals surface area contributed by atoms with Crippen LogP contribution < -0.4 is 16.6 Å². The highest BCUT2D eigenvalue weighted by Gasteiger charge is 2.43. The smallest absolute Gasteiger partial charge is 0.330 e. The molecule has 0 saturated carbocycles. The van der Waals surface area contributed by atoms with Crippen molar-refractivity contribution in [3.63, 3.8) is 0 Å². The van der Waals surface area contributed by atoms with Crippen LogP contribution >= 0.6 is 6.89 Å². The Labute approximate surface area is 140 Å². The van der Waals surface area contributed by atoms with Gasteiger partial charge < -0.3 is 20.3 Å². The fourth-order valence-corrected chi connectivity index (χ4v) is 3.66. The standard InChI is InChI=1S/C15H26N3O5P/c1-16-7-9-8-18(15(22)17-13(9)21)14-12(20)11(19)10(23-14)5-6-24(2,3)4/h8,10-12,14,16,19-20H,2,5-7H2,1,3-4H3,(H,17,21,22)/t10-,11-,12?,14-/m1/s1. The van der Waals surface area contributed by atoms with Gasteiger partial charge in [0.05, 0.1) is 6.10 Å². The van der Waals surface area contributed by atoms with Gasteiger partial charge in [-0.15, -0.1) is 13.2 Å². The number of H-pyrrole nitrogens is 1. The van der Waals surface area contributed by atoms with E-state index in [0.29, 0.717) is 12.0 Å². The number of hydrogen-bond donors (Lipinski definition) is 4. The number of nitrogens with zero attached hydrogens (tertiary/aromatic N) is 1. The van der Waals surface area contributed by atoms with Crippen molar-refractivity contribution >= 4 is 13.2 Å². The summed E-state index contributed by atoms with van der Waals surface area (Å²) in [5.41, 5.74) is -0.823. The number of aliphatic hydroxyl groups excluding tert-OH is 2. The minimum absolute atomic E-state index is 0.268. The first-order valence-corrected chi connectivity index (χ1v) is 10.9. The van der Waals surface area contributed by atoms with Gasteiger partial charge >= 0.3 is 5.69 Å². The van der Waals surface area contributed by atoms with E-state index in [0.717, 1.165) is 10.7 Å². The monoisotopic (exact) mass is 359 g/mol. The number of nitrogens with one attached hydrogen (secondary N) is 2. The number of aromatic amines is 1. The zero-order chi connectivity index (χ0) is 18.1. The van der Waals surface area contributed by atoms with E-state index >= 15 is 0 Å². The molecule has 4 N–H and O–H groups in total. The molecule has 24 heavy (non-hydrogen) atoms. The highest BCUT2D eigenvalue weighted by Crippen LogP contribution is 2.39. The predicted octanol–water partition coefficient (Wildman–Crippen LogP) is -1.03. The first-order valence-electron chi connectivity index (χ1n) is 7.82. The van der Waals surface area contributed by atoms with E-state index in [2.05, 4.69) is 29.9 Å². The predicted molar refractivity (Wildman–Crippen MR) is 95.4 cm³/mol. The largest absolute Gasteiger partial charge is 0.388 e. The van der Waals surface area contributed by atoms with Crippen molar-refractivity contribution < 1.29 is 14.9 Å². The molecule has 0 amide bonds. The molecule has 1 aromatic heterocycles. The fourth-order valence-electron chi connectivity index (χ4n) is 2.71. The van der Waals surface area contributed by atoms with Crippen LogP contribution in [0.1, 0.15) is 18.2 Å². The fraction of sp³-hybridized carbons (Fsp3) is 0.667. The second-order valence-electron chi connectivity index (χ2n) is 6.85. The summed E-state index contributed by atoms with van der Waals surface area (Å²) in [6.45, 7) is 3.15. The molecule has 0 bridgehead atoms. The van der Waals surface area contributed by atoms with Crippen LogP contribution in [0.4, 0.5) is 0 Å². The molecule has 1 aromatic rings. The lowest BCUT2D eigenvalue weighted by atomic mass is 10.1. The van der Waals surface area contributed by atoms with E-state index in [9.17, 15) is 19.8 Å². The van der Waals surface area contributed by atoms with Gasteiger partial charge in [-0.25, -0.2) is 4.79 Å². The molecule has 1 aliphatic heterocycles. The molecular formula is C15H26N3O5P. The second kappa shape index (κ2) is 7.37. The molecule has 1 unspecified atom stereocenters. The van der Waals surface area contributed by atoms with Crippen LogP contribution in [0.3, 0.4) is 0 Å². The quantitative estimate of drug-likeness (QED) is 0.483. The normalized spacial score (nSPS) is 27.5. The summed E-state index contributed by atoms with van der Waals surface area (Å²) in [7, 11) is 1.68. The highest BCUT2D eigenvalue weighted by atomic mass is 31.2. The summed E-state index contributed by atoms with van der Waals surface area (Å²) in [5.74, 6) is 0. The number of ether oxygens (including phenoxy) is 1. The van der Waals surface area contributed by atoms with Gasteiger partial charge in [0.1, 0.15) is 12.2 Å². The first kappa shape index (κ1) is 19.1. The van der Waals surface area contributed by atoms with Gasteiger partial charge in [0.15, 0.2) is 6.23 Å². The van der Waals surface area contributed by atoms with E-state index in [1.807, 2.05) is 0 Å². The summed E-state index contributed by atoms with van der Waals surface area (Å²) in [5, 5.41) is 23.3. The summed E-state index contributed by atoms with van der Waals surface area (Å²) in [6.07, 6.45) is 2.90. The van der Waals surface area contributed by atoms with E-state index in [4.69, 9.17) is 4.74 Å². The molecule has 0 spiro atoms. The Hall–Kier alpha value is -1.18. The molecule has 2 heterocycles. The number of hydrogen-bond acceptors (Lipinski definition) is 6. The van der Waals surface area contributed by atoms with Crippen LogP contribution in [0.2, 0.25) is 0 Å². The van der Waals surface area contributed by atoms with E-state index in [1.165, 1.54) is 6.20 Å². The van der Waals surface area contributed by atoms with Crippen LogP contribution in [0.5, 0.6) is 0 Å². The van der Waals surface area contributed by atoms with E-state index in [1.54, 1.807) is 7.05 Å². The van der Waals surface area contributed by atoms with Crippen LogP contribution in [0.25, 0.3) is 0 Å². The Kier molecular flexibility index (Phi) is 5.88. The van der Waals surface area contributed by atoms with Crippen molar-refractivity contribution in [2.75, 3.05) is 26.5 Å². The Morgan fingerprint density at radius 3 is 2.62 bits per heavy atom. The zero-order valence-electron chi connectivity index (χ0n) is 14.2. The summed E-state index contributed by atoms with van der Waals surface area (Å²) in [6, 6.07) is 0. The molecular weight excluding hydrogens is 333 g/mol. The maximum absolute atomic E-state index is 12.1. The average molecular weight is 359 g/mol. The van der Waals surface area contributed by atoms with Gasteiger partial charge in [-0.05, 0) is 33.0 Å². The van der Waals surface area contributed by atoms with Gasteiger partial charge in [-0.2, -0.15) is 0 Å².